The minimum Gasteiger partial charge on any atom is -0.454 e. The van der Waals surface area contributed by atoms with E-state index >= 15 is 0 Å². The van der Waals surface area contributed by atoms with E-state index in [1.54, 1.807) is 0 Å². The highest BCUT2D eigenvalue weighted by atomic mass is 16.3. The SMILES string of the molecule is N#Cc1cc(-n2c3ccccc3c3c2c(-n2c4ccccc4c4ccccc42)cc2c4ccccc4n(-c4ccccc4)c23)c2oc3ccccc3c2c1-c1nc(-c2ccccc2)nc(-c2ccccc2)n1. The first-order valence-corrected chi connectivity index (χ1v) is 24.0. The molecule has 0 bridgehead atoms. The topological polar surface area (TPSA) is 90.4 Å². The molecule has 5 aromatic heterocycles. The zero-order chi connectivity index (χ0) is 47.4. The molecule has 15 aromatic rings. The molecule has 15 rings (SSSR count). The molecule has 0 saturated carbocycles. The number of nitriles is 1. The molecule has 0 fully saturated rings. The van der Waals surface area contributed by atoms with Crippen LogP contribution in [0.2, 0.25) is 0 Å². The van der Waals surface area contributed by atoms with E-state index < -0.39 is 0 Å². The molecule has 0 aliphatic rings. The number of fused-ring (bicyclic) bond motifs is 13. The summed E-state index contributed by atoms with van der Waals surface area (Å²) in [6.07, 6.45) is 0. The van der Waals surface area contributed by atoms with Crippen LogP contribution in [0.5, 0.6) is 0 Å². The van der Waals surface area contributed by atoms with Crippen LogP contribution in [0.4, 0.5) is 0 Å². The summed E-state index contributed by atoms with van der Waals surface area (Å²) in [6.45, 7) is 0. The lowest BCUT2D eigenvalue weighted by molar-refractivity contribution is 0.666. The van der Waals surface area contributed by atoms with Gasteiger partial charge in [0.25, 0.3) is 0 Å². The number of aromatic nitrogens is 6. The zero-order valence-corrected chi connectivity index (χ0v) is 38.4. The highest BCUT2D eigenvalue weighted by molar-refractivity contribution is 6.29. The van der Waals surface area contributed by atoms with Crippen LogP contribution in [0.25, 0.3) is 139 Å². The molecule has 5 heterocycles. The van der Waals surface area contributed by atoms with Gasteiger partial charge in [-0.05, 0) is 54.6 Å². The third-order valence-electron chi connectivity index (χ3n) is 14.3. The molecule has 8 heteroatoms. The number of hydrogen-bond donors (Lipinski definition) is 0. The van der Waals surface area contributed by atoms with Gasteiger partial charge in [-0.1, -0.05) is 170 Å². The third kappa shape index (κ3) is 5.70. The second-order valence-corrected chi connectivity index (χ2v) is 18.2. The van der Waals surface area contributed by atoms with Crippen molar-refractivity contribution in [3.63, 3.8) is 0 Å². The van der Waals surface area contributed by atoms with Crippen molar-refractivity contribution in [1.82, 2.24) is 28.7 Å². The highest BCUT2D eigenvalue weighted by Gasteiger charge is 2.30. The van der Waals surface area contributed by atoms with Gasteiger partial charge in [-0.25, -0.2) is 15.0 Å². The fourth-order valence-corrected chi connectivity index (χ4v) is 11.3. The summed E-state index contributed by atoms with van der Waals surface area (Å²) in [7, 11) is 0. The summed E-state index contributed by atoms with van der Waals surface area (Å²) < 4.78 is 14.4. The van der Waals surface area contributed by atoms with E-state index in [0.717, 1.165) is 104 Å². The summed E-state index contributed by atoms with van der Waals surface area (Å²) in [5.41, 5.74) is 13.0. The van der Waals surface area contributed by atoms with Crippen LogP contribution in [0.3, 0.4) is 0 Å². The van der Waals surface area contributed by atoms with Crippen molar-refractivity contribution in [2.45, 2.75) is 0 Å². The Balaban J connectivity index is 1.15. The van der Waals surface area contributed by atoms with E-state index in [2.05, 4.69) is 159 Å². The summed E-state index contributed by atoms with van der Waals surface area (Å²) in [4.78, 5) is 15.4. The molecule has 8 nitrogen and oxygen atoms in total. The molecule has 10 aromatic carbocycles. The summed E-state index contributed by atoms with van der Waals surface area (Å²) >= 11 is 0. The van der Waals surface area contributed by atoms with Crippen LogP contribution < -0.4 is 0 Å². The van der Waals surface area contributed by atoms with Crippen LogP contribution in [-0.4, -0.2) is 28.7 Å². The first-order valence-electron chi connectivity index (χ1n) is 24.0. The van der Waals surface area contributed by atoms with Gasteiger partial charge in [0.1, 0.15) is 5.58 Å². The fraction of sp³-hybridized carbons (Fsp3) is 0. The molecule has 0 spiro atoms. The first kappa shape index (κ1) is 39.9. The van der Waals surface area contributed by atoms with Crippen molar-refractivity contribution in [3.8, 4) is 57.3 Å². The lowest BCUT2D eigenvalue weighted by Gasteiger charge is -2.17. The van der Waals surface area contributed by atoms with Crippen molar-refractivity contribution < 1.29 is 4.42 Å². The maximum absolute atomic E-state index is 11.6. The molecule has 0 amide bonds. The molecule has 0 N–H and O–H groups in total. The highest BCUT2D eigenvalue weighted by Crippen LogP contribution is 2.49. The van der Waals surface area contributed by atoms with Crippen LogP contribution in [0, 0.1) is 11.3 Å². The van der Waals surface area contributed by atoms with Crippen molar-refractivity contribution in [1.29, 1.82) is 5.26 Å². The Hall–Kier alpha value is -10.1. The third-order valence-corrected chi connectivity index (χ3v) is 14.3. The molecule has 0 atom stereocenters. The van der Waals surface area contributed by atoms with Gasteiger partial charge in [-0.3, -0.25) is 0 Å². The molecule has 334 valence electrons. The summed E-state index contributed by atoms with van der Waals surface area (Å²) in [5.74, 6) is 1.39. The Labute approximate surface area is 411 Å². The maximum Gasteiger partial charge on any atom is 0.166 e. The Bertz CT molecular complexity index is 4640. The molecule has 0 radical (unpaired) electrons. The van der Waals surface area contributed by atoms with Gasteiger partial charge in [0, 0.05) is 65.5 Å². The average molecular weight is 920 g/mol. The Morgan fingerprint density at radius 3 is 1.44 bits per heavy atom. The number of nitrogens with zero attached hydrogens (tertiary/aromatic N) is 7. The lowest BCUT2D eigenvalue weighted by atomic mass is 9.98. The van der Waals surface area contributed by atoms with Crippen molar-refractivity contribution in [3.05, 3.63) is 230 Å². The van der Waals surface area contributed by atoms with Gasteiger partial charge in [-0.15, -0.1) is 0 Å². The number of rotatable bonds is 6. The van der Waals surface area contributed by atoms with Gasteiger partial charge in [-0.2, -0.15) is 5.26 Å². The average Bonchev–Trinajstić information content (AvgIpc) is 4.20. The molecule has 0 saturated heterocycles. The Morgan fingerprint density at radius 1 is 0.375 bits per heavy atom. The van der Waals surface area contributed by atoms with Gasteiger partial charge in [0.05, 0.1) is 56.1 Å². The summed E-state index contributed by atoms with van der Waals surface area (Å²) in [6, 6.07) is 80.2. The van der Waals surface area contributed by atoms with Crippen molar-refractivity contribution >= 4 is 87.4 Å². The zero-order valence-electron chi connectivity index (χ0n) is 38.4. The first-order chi connectivity index (χ1) is 35.7. The predicted octanol–water partition coefficient (Wildman–Crippen LogP) is 15.9. The van der Waals surface area contributed by atoms with Gasteiger partial charge < -0.3 is 18.1 Å². The second-order valence-electron chi connectivity index (χ2n) is 18.2. The number of benzene rings is 10. The van der Waals surface area contributed by atoms with Crippen molar-refractivity contribution in [2.24, 2.45) is 0 Å². The quantitative estimate of drug-likeness (QED) is 0.166. The van der Waals surface area contributed by atoms with Crippen molar-refractivity contribution in [2.75, 3.05) is 0 Å². The molecule has 0 aliphatic heterocycles. The van der Waals surface area contributed by atoms with E-state index in [9.17, 15) is 5.26 Å². The standard InChI is InChI=1S/C64H37N7O/c65-38-41-36-54(61-57(47-30-14-19-35-55(47)72-61)56(41)64-67-62(39-20-4-1-5-21-39)66-63(68-64)40-22-6-2-7-23-40)71-52-34-18-13-29-46(52)58-59-48(45-28-12-15-31-49(45)69(59)42-24-8-3-9-25-42)37-53(60(58)71)70-50-32-16-10-26-43(50)44-27-11-17-33-51(44)70/h1-37H. The van der Waals surface area contributed by atoms with Crippen LogP contribution in [0.1, 0.15) is 5.56 Å². The second kappa shape index (κ2) is 15.5. The van der Waals surface area contributed by atoms with Crippen LogP contribution in [-0.2, 0) is 0 Å². The summed E-state index contributed by atoms with van der Waals surface area (Å²) in [5, 5.41) is 19.9. The van der Waals surface area contributed by atoms with Gasteiger partial charge in [0.15, 0.2) is 23.1 Å². The number of para-hydroxylation sites is 6. The molecule has 0 aliphatic carbocycles. The maximum atomic E-state index is 11.6. The molecule has 0 unspecified atom stereocenters. The van der Waals surface area contributed by atoms with E-state index in [-0.39, 0.29) is 0 Å². The van der Waals surface area contributed by atoms with E-state index in [0.29, 0.717) is 39.8 Å². The largest absolute Gasteiger partial charge is 0.454 e. The monoisotopic (exact) mass is 919 g/mol. The minimum atomic E-state index is 0.379. The Kier molecular flexibility index (Phi) is 8.55. The van der Waals surface area contributed by atoms with Crippen LogP contribution >= 0.6 is 0 Å². The number of furan rings is 1. The van der Waals surface area contributed by atoms with Crippen LogP contribution in [0.15, 0.2) is 229 Å². The predicted molar refractivity (Wildman–Crippen MR) is 291 cm³/mol. The minimum absolute atomic E-state index is 0.379. The smallest absolute Gasteiger partial charge is 0.166 e. The molecule has 72 heavy (non-hydrogen) atoms. The lowest BCUT2D eigenvalue weighted by Crippen LogP contribution is -2.04. The molecular formula is C64H37N7O. The van der Waals surface area contributed by atoms with E-state index in [1.165, 1.54) is 0 Å². The van der Waals surface area contributed by atoms with E-state index in [4.69, 9.17) is 19.4 Å². The fourth-order valence-electron chi connectivity index (χ4n) is 11.3. The van der Waals surface area contributed by atoms with Gasteiger partial charge in [0.2, 0.25) is 0 Å². The van der Waals surface area contributed by atoms with E-state index in [1.807, 2.05) is 84.9 Å². The number of hydrogen-bond acceptors (Lipinski definition) is 5. The Morgan fingerprint density at radius 2 is 0.847 bits per heavy atom. The molecular weight excluding hydrogens is 883 g/mol. The normalized spacial score (nSPS) is 11.9. The van der Waals surface area contributed by atoms with Gasteiger partial charge >= 0.3 is 0 Å².